The van der Waals surface area contributed by atoms with Crippen LogP contribution < -0.4 is 14.5 Å². The van der Waals surface area contributed by atoms with Gasteiger partial charge in [-0.15, -0.1) is 0 Å². The van der Waals surface area contributed by atoms with Crippen molar-refractivity contribution < 1.29 is 19.4 Å². The number of fused-ring (bicyclic) bond motifs is 1. The molecule has 5 rings (SSSR count). The van der Waals surface area contributed by atoms with Crippen LogP contribution in [0.4, 0.5) is 11.4 Å². The molecule has 1 heterocycles. The van der Waals surface area contributed by atoms with Gasteiger partial charge in [-0.2, -0.15) is 0 Å². The maximum Gasteiger partial charge on any atom is 0.300 e. The van der Waals surface area contributed by atoms with Crippen LogP contribution in [0, 0.1) is 0 Å². The highest BCUT2D eigenvalue weighted by Gasteiger charge is 2.47. The molecular weight excluding hydrogens is 464 g/mol. The fourth-order valence-corrected chi connectivity index (χ4v) is 4.82. The number of benzene rings is 4. The number of Topliss-reactive ketones (excluding diaryl/α,β-unsaturated/α-hetero) is 1. The van der Waals surface area contributed by atoms with E-state index in [0.717, 1.165) is 22.0 Å². The predicted molar refractivity (Wildman–Crippen MR) is 147 cm³/mol. The van der Waals surface area contributed by atoms with Gasteiger partial charge in [0, 0.05) is 31.0 Å². The van der Waals surface area contributed by atoms with Crippen molar-refractivity contribution in [1.29, 1.82) is 0 Å². The van der Waals surface area contributed by atoms with Crippen LogP contribution >= 0.6 is 0 Å². The number of aliphatic hydroxyl groups excluding tert-OH is 1. The zero-order valence-electron chi connectivity index (χ0n) is 21.0. The normalized spacial score (nSPS) is 16.8. The van der Waals surface area contributed by atoms with E-state index in [1.165, 1.54) is 4.90 Å². The number of carbonyl (C=O) groups excluding carboxylic acids is 2. The van der Waals surface area contributed by atoms with Crippen molar-refractivity contribution in [2.45, 2.75) is 13.0 Å². The summed E-state index contributed by atoms with van der Waals surface area (Å²) in [5.74, 6) is -0.926. The van der Waals surface area contributed by atoms with Gasteiger partial charge in [-0.25, -0.2) is 0 Å². The summed E-state index contributed by atoms with van der Waals surface area (Å²) in [5, 5.41) is 13.3. The van der Waals surface area contributed by atoms with Gasteiger partial charge in [-0.05, 0) is 59.7 Å². The summed E-state index contributed by atoms with van der Waals surface area (Å²) >= 11 is 0. The van der Waals surface area contributed by atoms with Crippen LogP contribution in [0.5, 0.6) is 5.75 Å². The van der Waals surface area contributed by atoms with Gasteiger partial charge in [0.2, 0.25) is 0 Å². The van der Waals surface area contributed by atoms with Crippen LogP contribution in [0.3, 0.4) is 0 Å². The molecule has 0 bridgehead atoms. The Morgan fingerprint density at radius 1 is 0.892 bits per heavy atom. The standard InChI is InChI=1S/C31H28N2O4/c1-4-37-24-18-16-23(17-19-24)33-28(21-12-14-22(15-13-21)32(2)3)27(30(35)31(33)36)29(34)26-11-7-9-20-8-5-6-10-25(20)26/h5-19,28,34H,4H2,1-3H3/b29-27-. The van der Waals surface area contributed by atoms with Gasteiger partial charge >= 0.3 is 0 Å². The Labute approximate surface area is 216 Å². The van der Waals surface area contributed by atoms with E-state index in [2.05, 4.69) is 0 Å². The molecule has 1 atom stereocenters. The number of hydrogen-bond donors (Lipinski definition) is 1. The molecule has 1 unspecified atom stereocenters. The Balaban J connectivity index is 1.71. The quantitative estimate of drug-likeness (QED) is 0.205. The van der Waals surface area contributed by atoms with Crippen LogP contribution in [0.2, 0.25) is 0 Å². The maximum atomic E-state index is 13.5. The van der Waals surface area contributed by atoms with Gasteiger partial charge in [-0.3, -0.25) is 14.5 Å². The molecule has 6 heteroatoms. The monoisotopic (exact) mass is 492 g/mol. The van der Waals surface area contributed by atoms with Gasteiger partial charge in [0.25, 0.3) is 11.7 Å². The van der Waals surface area contributed by atoms with Crippen molar-refractivity contribution in [1.82, 2.24) is 0 Å². The molecule has 0 saturated carbocycles. The highest BCUT2D eigenvalue weighted by atomic mass is 16.5. The lowest BCUT2D eigenvalue weighted by atomic mass is 9.93. The molecular formula is C31H28N2O4. The molecule has 1 aliphatic heterocycles. The van der Waals surface area contributed by atoms with E-state index in [-0.39, 0.29) is 11.3 Å². The molecule has 6 nitrogen and oxygen atoms in total. The van der Waals surface area contributed by atoms with E-state index in [1.807, 2.05) is 86.6 Å². The highest BCUT2D eigenvalue weighted by molar-refractivity contribution is 6.51. The summed E-state index contributed by atoms with van der Waals surface area (Å²) < 4.78 is 5.55. The number of amides is 1. The molecule has 1 amide bonds. The topological polar surface area (TPSA) is 70.1 Å². The van der Waals surface area contributed by atoms with Crippen molar-refractivity contribution in [2.24, 2.45) is 0 Å². The summed E-state index contributed by atoms with van der Waals surface area (Å²) in [6.07, 6.45) is 0. The zero-order chi connectivity index (χ0) is 26.1. The highest BCUT2D eigenvalue weighted by Crippen LogP contribution is 2.43. The first-order valence-electron chi connectivity index (χ1n) is 12.2. The molecule has 186 valence electrons. The third kappa shape index (κ3) is 4.31. The lowest BCUT2D eigenvalue weighted by Crippen LogP contribution is -2.29. The van der Waals surface area contributed by atoms with Crippen LogP contribution in [-0.2, 0) is 9.59 Å². The Bertz CT molecular complexity index is 1500. The number of carbonyl (C=O) groups is 2. The number of hydrogen-bond acceptors (Lipinski definition) is 5. The Kier molecular flexibility index (Phi) is 6.40. The molecule has 0 aliphatic carbocycles. The van der Waals surface area contributed by atoms with E-state index >= 15 is 0 Å². The maximum absolute atomic E-state index is 13.5. The first-order valence-corrected chi connectivity index (χ1v) is 12.2. The second-order valence-corrected chi connectivity index (χ2v) is 9.11. The predicted octanol–water partition coefficient (Wildman–Crippen LogP) is 5.93. The minimum Gasteiger partial charge on any atom is -0.507 e. The molecule has 0 radical (unpaired) electrons. The van der Waals surface area contributed by atoms with Crippen molar-refractivity contribution >= 4 is 39.6 Å². The van der Waals surface area contributed by atoms with Crippen LogP contribution in [0.1, 0.15) is 24.1 Å². The lowest BCUT2D eigenvalue weighted by molar-refractivity contribution is -0.132. The average molecular weight is 493 g/mol. The second-order valence-electron chi connectivity index (χ2n) is 9.11. The van der Waals surface area contributed by atoms with Crippen LogP contribution in [0.25, 0.3) is 16.5 Å². The zero-order valence-corrected chi connectivity index (χ0v) is 21.0. The fourth-order valence-electron chi connectivity index (χ4n) is 4.82. The van der Waals surface area contributed by atoms with E-state index in [9.17, 15) is 14.7 Å². The molecule has 0 aromatic heterocycles. The Morgan fingerprint density at radius 2 is 1.57 bits per heavy atom. The molecule has 4 aromatic carbocycles. The molecule has 1 saturated heterocycles. The van der Waals surface area contributed by atoms with E-state index < -0.39 is 17.7 Å². The number of nitrogens with zero attached hydrogens (tertiary/aromatic N) is 2. The number of rotatable bonds is 6. The fraction of sp³-hybridized carbons (Fsp3) is 0.161. The average Bonchev–Trinajstić information content (AvgIpc) is 3.18. The van der Waals surface area contributed by atoms with Crippen molar-refractivity contribution in [3.8, 4) is 5.75 Å². The first-order chi connectivity index (χ1) is 17.9. The number of ketones is 1. The summed E-state index contributed by atoms with van der Waals surface area (Å²) in [7, 11) is 3.89. The van der Waals surface area contributed by atoms with Gasteiger partial charge in [0.15, 0.2) is 0 Å². The van der Waals surface area contributed by atoms with E-state index in [0.29, 0.717) is 23.6 Å². The van der Waals surface area contributed by atoms with Crippen molar-refractivity contribution in [3.63, 3.8) is 0 Å². The smallest absolute Gasteiger partial charge is 0.300 e. The molecule has 0 spiro atoms. The molecule has 1 aliphatic rings. The molecule has 37 heavy (non-hydrogen) atoms. The van der Waals surface area contributed by atoms with Crippen LogP contribution in [-0.4, -0.2) is 37.5 Å². The number of anilines is 2. The largest absolute Gasteiger partial charge is 0.507 e. The minimum absolute atomic E-state index is 0.0628. The number of ether oxygens (including phenoxy) is 1. The van der Waals surface area contributed by atoms with E-state index in [4.69, 9.17) is 4.74 Å². The summed E-state index contributed by atoms with van der Waals surface area (Å²) in [4.78, 5) is 30.4. The summed E-state index contributed by atoms with van der Waals surface area (Å²) in [5.41, 5.74) is 2.83. The molecule has 1 fully saturated rings. The van der Waals surface area contributed by atoms with Gasteiger partial charge in [0.1, 0.15) is 11.5 Å². The van der Waals surface area contributed by atoms with Gasteiger partial charge in [0.05, 0.1) is 18.2 Å². The third-order valence-corrected chi connectivity index (χ3v) is 6.64. The second kappa shape index (κ2) is 9.82. The number of aliphatic hydroxyl groups is 1. The van der Waals surface area contributed by atoms with Crippen molar-refractivity contribution in [3.05, 3.63) is 108 Å². The van der Waals surface area contributed by atoms with Crippen LogP contribution in [0.15, 0.2) is 96.6 Å². The van der Waals surface area contributed by atoms with E-state index in [1.54, 1.807) is 30.3 Å². The lowest BCUT2D eigenvalue weighted by Gasteiger charge is -2.26. The SMILES string of the molecule is CCOc1ccc(N2C(=O)C(=O)/C(=C(\O)c3cccc4ccccc34)C2c2ccc(N(C)C)cc2)cc1. The summed E-state index contributed by atoms with van der Waals surface area (Å²) in [6.45, 7) is 2.42. The summed E-state index contributed by atoms with van der Waals surface area (Å²) in [6, 6.07) is 27.1. The third-order valence-electron chi connectivity index (χ3n) is 6.64. The van der Waals surface area contributed by atoms with Gasteiger partial charge in [-0.1, -0.05) is 54.6 Å². The first kappa shape index (κ1) is 24.1. The van der Waals surface area contributed by atoms with Crippen molar-refractivity contribution in [2.75, 3.05) is 30.5 Å². The Hall–Kier alpha value is -4.58. The Morgan fingerprint density at radius 3 is 2.24 bits per heavy atom. The molecule has 4 aromatic rings. The molecule has 1 N–H and O–H groups in total. The van der Waals surface area contributed by atoms with Gasteiger partial charge < -0.3 is 14.7 Å². The minimum atomic E-state index is -0.798.